The van der Waals surface area contributed by atoms with E-state index in [-0.39, 0.29) is 18.5 Å². The summed E-state index contributed by atoms with van der Waals surface area (Å²) >= 11 is 0. The molecular weight excluding hydrogens is 352 g/mol. The van der Waals surface area contributed by atoms with Gasteiger partial charge in [-0.05, 0) is 32.6 Å². The fourth-order valence-corrected chi connectivity index (χ4v) is 3.51. The van der Waals surface area contributed by atoms with Gasteiger partial charge in [0, 0.05) is 12.8 Å². The van der Waals surface area contributed by atoms with Gasteiger partial charge in [-0.2, -0.15) is 0 Å². The summed E-state index contributed by atoms with van der Waals surface area (Å²) in [6.45, 7) is 4.22. The zero-order valence-corrected chi connectivity index (χ0v) is 18.7. The molecule has 0 saturated heterocycles. The third-order valence-corrected chi connectivity index (χ3v) is 5.32. The molecule has 4 nitrogen and oxygen atoms in total. The predicted octanol–water partition coefficient (Wildman–Crippen LogP) is 7.43. The summed E-state index contributed by atoms with van der Waals surface area (Å²) in [5.74, 6) is -0.997. The number of ether oxygens (including phenoxy) is 1. The minimum atomic E-state index is -0.806. The van der Waals surface area contributed by atoms with Gasteiger partial charge in [-0.25, -0.2) is 0 Å². The van der Waals surface area contributed by atoms with Gasteiger partial charge in [0.25, 0.3) is 0 Å². The number of hydrogen-bond donors (Lipinski definition) is 1. The van der Waals surface area contributed by atoms with Crippen LogP contribution in [0.3, 0.4) is 0 Å². The topological polar surface area (TPSA) is 63.6 Å². The first-order valence-corrected chi connectivity index (χ1v) is 12.0. The molecule has 1 unspecified atom stereocenters. The Morgan fingerprint density at radius 1 is 0.679 bits per heavy atom. The lowest BCUT2D eigenvalue weighted by molar-refractivity contribution is -0.149. The third kappa shape index (κ3) is 21.2. The van der Waals surface area contributed by atoms with E-state index in [2.05, 4.69) is 6.92 Å². The Morgan fingerprint density at radius 3 is 1.57 bits per heavy atom. The highest BCUT2D eigenvalue weighted by atomic mass is 16.5. The van der Waals surface area contributed by atoms with Crippen molar-refractivity contribution in [2.45, 2.75) is 142 Å². The molecule has 0 spiro atoms. The summed E-state index contributed by atoms with van der Waals surface area (Å²) in [6, 6.07) is 0. The highest BCUT2D eigenvalue weighted by Gasteiger charge is 2.09. The van der Waals surface area contributed by atoms with E-state index in [1.54, 1.807) is 0 Å². The van der Waals surface area contributed by atoms with Crippen molar-refractivity contribution in [1.29, 1.82) is 0 Å². The van der Waals surface area contributed by atoms with Crippen molar-refractivity contribution in [2.24, 2.45) is 0 Å². The standard InChI is InChI=1S/C24H46O4/c1-3-4-5-6-7-8-9-10-11-12-13-14-15-16-19-22(2)28-24(27)21-18-17-20-23(25)26/h22H,3-21H2,1-2H3,(H,25,26). The fraction of sp³-hybridized carbons (Fsp3) is 0.917. The van der Waals surface area contributed by atoms with Crippen LogP contribution in [-0.2, 0) is 14.3 Å². The summed E-state index contributed by atoms with van der Waals surface area (Å²) in [5.41, 5.74) is 0. The number of carbonyl (C=O) groups is 2. The summed E-state index contributed by atoms with van der Waals surface area (Å²) in [6.07, 6.45) is 21.4. The molecule has 0 saturated carbocycles. The van der Waals surface area contributed by atoms with Crippen molar-refractivity contribution < 1.29 is 19.4 Å². The minimum Gasteiger partial charge on any atom is -0.481 e. The van der Waals surface area contributed by atoms with Crippen LogP contribution in [0.25, 0.3) is 0 Å². The average molecular weight is 399 g/mol. The van der Waals surface area contributed by atoms with Gasteiger partial charge in [0.05, 0.1) is 6.10 Å². The molecule has 0 bridgehead atoms. The molecule has 4 heteroatoms. The Balaban J connectivity index is 3.28. The number of carboxylic acid groups (broad SMARTS) is 1. The molecule has 0 aromatic rings. The first-order valence-electron chi connectivity index (χ1n) is 12.0. The van der Waals surface area contributed by atoms with Crippen LogP contribution in [0.2, 0.25) is 0 Å². The Bertz CT molecular complexity index is 368. The van der Waals surface area contributed by atoms with Gasteiger partial charge in [-0.1, -0.05) is 90.4 Å². The third-order valence-electron chi connectivity index (χ3n) is 5.32. The molecule has 166 valence electrons. The lowest BCUT2D eigenvalue weighted by Crippen LogP contribution is -2.14. The number of carbonyl (C=O) groups excluding carboxylic acids is 1. The second-order valence-electron chi connectivity index (χ2n) is 8.29. The first-order chi connectivity index (χ1) is 13.6. The van der Waals surface area contributed by atoms with Crippen molar-refractivity contribution >= 4 is 11.9 Å². The van der Waals surface area contributed by atoms with Crippen molar-refractivity contribution in [3.63, 3.8) is 0 Å². The highest BCUT2D eigenvalue weighted by molar-refractivity contribution is 5.70. The zero-order chi connectivity index (χ0) is 20.9. The lowest BCUT2D eigenvalue weighted by atomic mass is 10.0. The predicted molar refractivity (Wildman–Crippen MR) is 117 cm³/mol. The van der Waals surface area contributed by atoms with E-state index in [4.69, 9.17) is 9.84 Å². The van der Waals surface area contributed by atoms with Gasteiger partial charge >= 0.3 is 11.9 Å². The quantitative estimate of drug-likeness (QED) is 0.161. The smallest absolute Gasteiger partial charge is 0.306 e. The first kappa shape index (κ1) is 26.9. The normalized spacial score (nSPS) is 12.1. The van der Waals surface area contributed by atoms with Gasteiger partial charge in [0.1, 0.15) is 0 Å². The largest absolute Gasteiger partial charge is 0.481 e. The molecule has 0 aromatic heterocycles. The summed E-state index contributed by atoms with van der Waals surface area (Å²) < 4.78 is 5.38. The van der Waals surface area contributed by atoms with Crippen molar-refractivity contribution in [2.75, 3.05) is 0 Å². The maximum absolute atomic E-state index is 11.7. The van der Waals surface area contributed by atoms with Gasteiger partial charge in [-0.3, -0.25) is 9.59 Å². The number of carboxylic acids is 1. The van der Waals surface area contributed by atoms with E-state index in [1.807, 2.05) is 6.92 Å². The molecule has 1 atom stereocenters. The molecule has 28 heavy (non-hydrogen) atoms. The second-order valence-corrected chi connectivity index (χ2v) is 8.29. The Morgan fingerprint density at radius 2 is 1.11 bits per heavy atom. The van der Waals surface area contributed by atoms with E-state index in [9.17, 15) is 9.59 Å². The van der Waals surface area contributed by atoms with Crippen LogP contribution in [0.5, 0.6) is 0 Å². The molecule has 0 aliphatic heterocycles. The van der Waals surface area contributed by atoms with Crippen LogP contribution in [0.4, 0.5) is 0 Å². The number of unbranched alkanes of at least 4 members (excludes halogenated alkanes) is 14. The molecule has 0 fully saturated rings. The van der Waals surface area contributed by atoms with Gasteiger partial charge in [0.15, 0.2) is 0 Å². The molecule has 0 aromatic carbocycles. The average Bonchev–Trinajstić information content (AvgIpc) is 2.65. The van der Waals surface area contributed by atoms with E-state index in [0.29, 0.717) is 19.3 Å². The second kappa shape index (κ2) is 20.7. The lowest BCUT2D eigenvalue weighted by Gasteiger charge is -2.13. The minimum absolute atomic E-state index is 0.0238. The summed E-state index contributed by atoms with van der Waals surface area (Å²) in [5, 5.41) is 8.56. The molecule has 0 rings (SSSR count). The highest BCUT2D eigenvalue weighted by Crippen LogP contribution is 2.14. The van der Waals surface area contributed by atoms with Crippen molar-refractivity contribution in [3.8, 4) is 0 Å². The van der Waals surface area contributed by atoms with Crippen molar-refractivity contribution in [3.05, 3.63) is 0 Å². The Hall–Kier alpha value is -1.06. The monoisotopic (exact) mass is 398 g/mol. The van der Waals surface area contributed by atoms with Crippen LogP contribution in [0, 0.1) is 0 Å². The Labute approximate surface area is 173 Å². The summed E-state index contributed by atoms with van der Waals surface area (Å²) in [7, 11) is 0. The van der Waals surface area contributed by atoms with Crippen LogP contribution in [0.1, 0.15) is 136 Å². The van der Waals surface area contributed by atoms with E-state index >= 15 is 0 Å². The number of hydrogen-bond acceptors (Lipinski definition) is 3. The van der Waals surface area contributed by atoms with Crippen molar-refractivity contribution in [1.82, 2.24) is 0 Å². The molecule has 0 aliphatic carbocycles. The fourth-order valence-electron chi connectivity index (χ4n) is 3.51. The van der Waals surface area contributed by atoms with Gasteiger partial charge in [-0.15, -0.1) is 0 Å². The van der Waals surface area contributed by atoms with Gasteiger partial charge < -0.3 is 9.84 Å². The molecule has 0 aliphatic rings. The number of aliphatic carboxylic acids is 1. The number of esters is 1. The maximum Gasteiger partial charge on any atom is 0.306 e. The van der Waals surface area contributed by atoms with E-state index in [1.165, 1.54) is 83.5 Å². The SMILES string of the molecule is CCCCCCCCCCCCCCCCC(C)OC(=O)CCCCC(=O)O. The van der Waals surface area contributed by atoms with Gasteiger partial charge in [0.2, 0.25) is 0 Å². The molecule has 0 heterocycles. The zero-order valence-electron chi connectivity index (χ0n) is 18.7. The Kier molecular flexibility index (Phi) is 19.9. The molecule has 0 amide bonds. The maximum atomic E-state index is 11.7. The van der Waals surface area contributed by atoms with Crippen LogP contribution >= 0.6 is 0 Å². The molecular formula is C24H46O4. The number of rotatable bonds is 21. The molecule has 0 radical (unpaired) electrons. The van der Waals surface area contributed by atoms with E-state index in [0.717, 1.165) is 12.8 Å². The summed E-state index contributed by atoms with van der Waals surface area (Å²) in [4.78, 5) is 22.1. The molecule has 1 N–H and O–H groups in total. The van der Waals surface area contributed by atoms with Crippen LogP contribution in [0.15, 0.2) is 0 Å². The van der Waals surface area contributed by atoms with Crippen LogP contribution < -0.4 is 0 Å². The van der Waals surface area contributed by atoms with E-state index < -0.39 is 5.97 Å². The van der Waals surface area contributed by atoms with Crippen LogP contribution in [-0.4, -0.2) is 23.1 Å².